The topological polar surface area (TPSA) is 70.7 Å². The molecule has 2 N–H and O–H groups in total. The second-order valence-electron chi connectivity index (χ2n) is 5.25. The smallest absolute Gasteiger partial charge is 0.220 e. The standard InChI is InChI=1S/C18H12ClN3O2/c19-13-7-3-5-12(16(13)23)17-21-15(11-6-4-9-20-18(11)24)14-8-1-2-10-22(14)17/h1-10,23H,(H,20,24). The fourth-order valence-electron chi connectivity index (χ4n) is 2.70. The fourth-order valence-corrected chi connectivity index (χ4v) is 2.88. The minimum absolute atomic E-state index is 0.0307. The van der Waals surface area contributed by atoms with E-state index in [0.29, 0.717) is 22.6 Å². The number of hydrogen-bond acceptors (Lipinski definition) is 4. The van der Waals surface area contributed by atoms with Gasteiger partial charge < -0.3 is 10.2 Å². The third-order valence-electron chi connectivity index (χ3n) is 3.82. The van der Waals surface area contributed by atoms with Crippen LogP contribution in [-0.2, 0) is 0 Å². The first-order valence-electron chi connectivity index (χ1n) is 7.26. The fraction of sp³-hybridized carbons (Fsp3) is 0. The van der Waals surface area contributed by atoms with Crippen LogP contribution in [0.2, 0.25) is 5.02 Å². The van der Waals surface area contributed by atoms with Gasteiger partial charge in [-0.2, -0.15) is 0 Å². The number of hydrogen-bond donors (Lipinski definition) is 2. The highest BCUT2D eigenvalue weighted by atomic mass is 35.5. The van der Waals surface area contributed by atoms with E-state index in [2.05, 4.69) is 9.97 Å². The summed E-state index contributed by atoms with van der Waals surface area (Å²) < 4.78 is 1.84. The Labute approximate surface area is 142 Å². The molecule has 24 heavy (non-hydrogen) atoms. The van der Waals surface area contributed by atoms with E-state index in [0.717, 1.165) is 5.52 Å². The van der Waals surface area contributed by atoms with E-state index in [9.17, 15) is 10.2 Å². The van der Waals surface area contributed by atoms with Crippen molar-refractivity contribution < 1.29 is 10.2 Å². The lowest BCUT2D eigenvalue weighted by atomic mass is 10.2. The quantitative estimate of drug-likeness (QED) is 0.577. The summed E-state index contributed by atoms with van der Waals surface area (Å²) in [6, 6.07) is 14.2. The first-order chi connectivity index (χ1) is 11.7. The minimum Gasteiger partial charge on any atom is -0.506 e. The predicted octanol–water partition coefficient (Wildman–Crippen LogP) is 4.13. The molecule has 4 rings (SSSR count). The Morgan fingerprint density at radius 3 is 2.58 bits per heavy atom. The SMILES string of the molecule is Oc1ncccc1-c1nc(-c2cccc(Cl)c2O)n2ccccc12. The molecule has 6 heteroatoms. The third kappa shape index (κ3) is 2.18. The number of aromatic hydroxyl groups is 2. The van der Waals surface area contributed by atoms with E-state index in [1.54, 1.807) is 30.3 Å². The highest BCUT2D eigenvalue weighted by Gasteiger charge is 2.19. The number of phenols is 1. The molecule has 0 amide bonds. The zero-order chi connectivity index (χ0) is 16.7. The van der Waals surface area contributed by atoms with Crippen molar-refractivity contribution in [3.8, 4) is 34.3 Å². The van der Waals surface area contributed by atoms with E-state index >= 15 is 0 Å². The van der Waals surface area contributed by atoms with Crippen molar-refractivity contribution in [3.05, 3.63) is 65.9 Å². The van der Waals surface area contributed by atoms with Gasteiger partial charge in [0.2, 0.25) is 5.88 Å². The van der Waals surface area contributed by atoms with Crippen molar-refractivity contribution in [1.29, 1.82) is 0 Å². The van der Waals surface area contributed by atoms with E-state index in [4.69, 9.17) is 11.6 Å². The Hall–Kier alpha value is -3.05. The highest BCUT2D eigenvalue weighted by molar-refractivity contribution is 6.32. The molecule has 0 bridgehead atoms. The molecule has 118 valence electrons. The molecule has 0 aliphatic carbocycles. The van der Waals surface area contributed by atoms with Crippen LogP contribution in [-0.4, -0.2) is 24.6 Å². The molecular weight excluding hydrogens is 326 g/mol. The molecule has 0 radical (unpaired) electrons. The summed E-state index contributed by atoms with van der Waals surface area (Å²) >= 11 is 6.03. The summed E-state index contributed by atoms with van der Waals surface area (Å²) in [5, 5.41) is 20.6. The molecular formula is C18H12ClN3O2. The maximum Gasteiger partial charge on any atom is 0.220 e. The van der Waals surface area contributed by atoms with Crippen molar-refractivity contribution >= 4 is 17.1 Å². The maximum absolute atomic E-state index is 10.3. The lowest BCUT2D eigenvalue weighted by Gasteiger charge is -2.05. The average Bonchev–Trinajstić information content (AvgIpc) is 2.97. The van der Waals surface area contributed by atoms with Crippen LogP contribution in [0.1, 0.15) is 0 Å². The van der Waals surface area contributed by atoms with Gasteiger partial charge >= 0.3 is 0 Å². The van der Waals surface area contributed by atoms with Crippen molar-refractivity contribution in [3.63, 3.8) is 0 Å². The summed E-state index contributed by atoms with van der Waals surface area (Å²) in [4.78, 5) is 8.55. The number of para-hydroxylation sites is 1. The molecule has 0 spiro atoms. The molecule has 3 aromatic heterocycles. The second-order valence-corrected chi connectivity index (χ2v) is 5.66. The molecule has 0 atom stereocenters. The number of halogens is 1. The zero-order valence-electron chi connectivity index (χ0n) is 12.4. The molecule has 0 saturated heterocycles. The van der Waals surface area contributed by atoms with Gasteiger partial charge in [0.25, 0.3) is 0 Å². The van der Waals surface area contributed by atoms with Crippen LogP contribution in [0.3, 0.4) is 0 Å². The number of pyridine rings is 2. The Morgan fingerprint density at radius 1 is 0.917 bits per heavy atom. The lowest BCUT2D eigenvalue weighted by molar-refractivity contribution is 0.455. The molecule has 0 unspecified atom stereocenters. The van der Waals surface area contributed by atoms with Crippen molar-refractivity contribution in [2.24, 2.45) is 0 Å². The number of fused-ring (bicyclic) bond motifs is 1. The van der Waals surface area contributed by atoms with Gasteiger partial charge in [0.15, 0.2) is 0 Å². The molecule has 1 aromatic carbocycles. The van der Waals surface area contributed by atoms with Crippen LogP contribution in [0.25, 0.3) is 28.2 Å². The molecule has 3 heterocycles. The summed E-state index contributed by atoms with van der Waals surface area (Å²) in [6.45, 7) is 0. The monoisotopic (exact) mass is 337 g/mol. The summed E-state index contributed by atoms with van der Waals surface area (Å²) in [5.74, 6) is 0.406. The molecule has 4 aromatic rings. The Bertz CT molecular complexity index is 1060. The Balaban J connectivity index is 2.06. The van der Waals surface area contributed by atoms with Gasteiger partial charge in [-0.1, -0.05) is 23.7 Å². The zero-order valence-corrected chi connectivity index (χ0v) is 13.1. The van der Waals surface area contributed by atoms with Crippen molar-refractivity contribution in [2.45, 2.75) is 0 Å². The lowest BCUT2D eigenvalue weighted by Crippen LogP contribution is -1.89. The number of rotatable bonds is 2. The molecule has 0 saturated carbocycles. The number of benzene rings is 1. The molecule has 0 fully saturated rings. The largest absolute Gasteiger partial charge is 0.506 e. The van der Waals surface area contributed by atoms with Crippen LogP contribution in [0.15, 0.2) is 60.9 Å². The Kier molecular flexibility index (Phi) is 3.36. The third-order valence-corrected chi connectivity index (χ3v) is 4.12. The van der Waals surface area contributed by atoms with Gasteiger partial charge in [0.1, 0.15) is 17.3 Å². The summed E-state index contributed by atoms with van der Waals surface area (Å²) in [7, 11) is 0. The second kappa shape index (κ2) is 5.54. The van der Waals surface area contributed by atoms with Crippen LogP contribution in [0.5, 0.6) is 11.6 Å². The van der Waals surface area contributed by atoms with Crippen LogP contribution in [0, 0.1) is 0 Å². The Morgan fingerprint density at radius 2 is 1.75 bits per heavy atom. The van der Waals surface area contributed by atoms with Gasteiger partial charge in [0, 0.05) is 12.4 Å². The van der Waals surface area contributed by atoms with Crippen LogP contribution in [0.4, 0.5) is 0 Å². The number of nitrogens with zero attached hydrogens (tertiary/aromatic N) is 3. The van der Waals surface area contributed by atoms with Gasteiger partial charge in [-0.05, 0) is 36.4 Å². The van der Waals surface area contributed by atoms with Crippen LogP contribution >= 0.6 is 11.6 Å². The molecule has 0 aliphatic rings. The maximum atomic E-state index is 10.3. The van der Waals surface area contributed by atoms with E-state index in [1.807, 2.05) is 28.8 Å². The predicted molar refractivity (Wildman–Crippen MR) is 92.2 cm³/mol. The van der Waals surface area contributed by atoms with Gasteiger partial charge in [-0.3, -0.25) is 4.40 Å². The van der Waals surface area contributed by atoms with E-state index in [1.165, 1.54) is 6.20 Å². The summed E-state index contributed by atoms with van der Waals surface area (Å²) in [6.07, 6.45) is 3.36. The number of phenolic OH excluding ortho intramolecular Hbond substituents is 1. The first-order valence-corrected chi connectivity index (χ1v) is 7.64. The van der Waals surface area contributed by atoms with Crippen LogP contribution < -0.4 is 0 Å². The number of imidazole rings is 1. The minimum atomic E-state index is -0.0942. The molecule has 5 nitrogen and oxygen atoms in total. The normalized spacial score (nSPS) is 11.0. The number of aromatic nitrogens is 3. The van der Waals surface area contributed by atoms with Gasteiger partial charge in [-0.15, -0.1) is 0 Å². The first kappa shape index (κ1) is 14.5. The van der Waals surface area contributed by atoms with Crippen molar-refractivity contribution in [2.75, 3.05) is 0 Å². The highest BCUT2D eigenvalue weighted by Crippen LogP contribution is 2.38. The van der Waals surface area contributed by atoms with Crippen molar-refractivity contribution in [1.82, 2.24) is 14.4 Å². The van der Waals surface area contributed by atoms with E-state index in [-0.39, 0.29) is 16.7 Å². The molecule has 0 aliphatic heterocycles. The average molecular weight is 338 g/mol. The van der Waals surface area contributed by atoms with Gasteiger partial charge in [0.05, 0.1) is 21.7 Å². The van der Waals surface area contributed by atoms with E-state index < -0.39 is 0 Å². The van der Waals surface area contributed by atoms with Gasteiger partial charge in [-0.25, -0.2) is 9.97 Å². The summed E-state index contributed by atoms with van der Waals surface area (Å²) in [5.41, 5.74) is 2.40.